The Morgan fingerprint density at radius 2 is 1.95 bits per heavy atom. The number of carbonyl (C=O) groups is 1. The number of fused-ring (bicyclic) bond motifs is 1. The molecule has 0 spiro atoms. The highest BCUT2D eigenvalue weighted by molar-refractivity contribution is 8.00. The fourth-order valence-electron chi connectivity index (χ4n) is 3.25. The average Bonchev–Trinajstić information content (AvgIpc) is 2.44. The number of hydrogen-bond donors (Lipinski definition) is 0. The Morgan fingerprint density at radius 3 is 2.68 bits per heavy atom. The van der Waals surface area contributed by atoms with E-state index in [2.05, 4.69) is 18.7 Å². The Hall–Kier alpha value is -1.02. The van der Waals surface area contributed by atoms with E-state index in [4.69, 9.17) is 0 Å². The maximum atomic E-state index is 12.5. The second-order valence-corrected chi connectivity index (χ2v) is 6.97. The van der Waals surface area contributed by atoms with Crippen molar-refractivity contribution in [2.75, 3.05) is 0 Å². The van der Waals surface area contributed by atoms with Crippen molar-refractivity contribution < 1.29 is 4.79 Å². The topological polar surface area (TPSA) is 17.1 Å². The van der Waals surface area contributed by atoms with Gasteiger partial charge in [-0.1, -0.05) is 37.5 Å². The third kappa shape index (κ3) is 2.38. The monoisotopic (exact) mass is 272 g/mol. The van der Waals surface area contributed by atoms with Crippen LogP contribution in [0.1, 0.15) is 48.0 Å². The smallest absolute Gasteiger partial charge is 0.190 e. The zero-order valence-corrected chi connectivity index (χ0v) is 12.3. The largest absolute Gasteiger partial charge is 0.289 e. The van der Waals surface area contributed by atoms with Crippen molar-refractivity contribution in [1.29, 1.82) is 0 Å². The van der Waals surface area contributed by atoms with Gasteiger partial charge >= 0.3 is 0 Å². The van der Waals surface area contributed by atoms with E-state index >= 15 is 0 Å². The molecule has 1 aliphatic carbocycles. The lowest BCUT2D eigenvalue weighted by atomic mass is 9.82. The molecule has 0 N–H and O–H groups in total. The molecule has 1 aromatic rings. The van der Waals surface area contributed by atoms with Crippen LogP contribution in [0.4, 0.5) is 0 Å². The fraction of sp³-hybridized carbons (Fsp3) is 0.471. The van der Waals surface area contributed by atoms with Crippen LogP contribution in [-0.4, -0.2) is 11.0 Å². The minimum Gasteiger partial charge on any atom is -0.289 e. The molecule has 0 saturated heterocycles. The lowest BCUT2D eigenvalue weighted by Gasteiger charge is -2.34. The van der Waals surface area contributed by atoms with Gasteiger partial charge < -0.3 is 0 Å². The summed E-state index contributed by atoms with van der Waals surface area (Å²) in [4.78, 5) is 13.7. The molecule has 0 amide bonds. The van der Waals surface area contributed by atoms with Crippen LogP contribution in [0.3, 0.4) is 0 Å². The van der Waals surface area contributed by atoms with Crippen molar-refractivity contribution in [3.05, 3.63) is 41.5 Å². The Bertz CT molecular complexity index is 526. The lowest BCUT2D eigenvalue weighted by molar-refractivity contribution is 0.102. The molecule has 1 aromatic carbocycles. The summed E-state index contributed by atoms with van der Waals surface area (Å²) in [5.74, 6) is 0.817. The molecule has 0 aromatic heterocycles. The first-order valence-corrected chi connectivity index (χ1v) is 8.05. The summed E-state index contributed by atoms with van der Waals surface area (Å²) in [6.45, 7) is 6.15. The van der Waals surface area contributed by atoms with Crippen molar-refractivity contribution in [1.82, 2.24) is 0 Å². The SMILES string of the molecule is C=C1C(=O)c2cc(C)ccc2SC1C1CCCCC1. The summed E-state index contributed by atoms with van der Waals surface area (Å²) in [6, 6.07) is 6.22. The Labute approximate surface area is 119 Å². The molecule has 1 saturated carbocycles. The van der Waals surface area contributed by atoms with Crippen molar-refractivity contribution in [2.45, 2.75) is 49.2 Å². The average molecular weight is 272 g/mol. The summed E-state index contributed by atoms with van der Waals surface area (Å²) >= 11 is 1.86. The maximum absolute atomic E-state index is 12.5. The van der Waals surface area contributed by atoms with Crippen LogP contribution >= 0.6 is 11.8 Å². The summed E-state index contributed by atoms with van der Waals surface area (Å²) in [5, 5.41) is 0.308. The lowest BCUT2D eigenvalue weighted by Crippen LogP contribution is -2.29. The molecule has 1 fully saturated rings. The molecule has 3 rings (SSSR count). The third-order valence-electron chi connectivity index (χ3n) is 4.35. The van der Waals surface area contributed by atoms with Gasteiger partial charge in [0.2, 0.25) is 0 Å². The molecule has 1 heterocycles. The summed E-state index contributed by atoms with van der Waals surface area (Å²) in [5.41, 5.74) is 2.84. The van der Waals surface area contributed by atoms with Gasteiger partial charge in [0, 0.05) is 21.3 Å². The molecule has 1 nitrogen and oxygen atoms in total. The van der Waals surface area contributed by atoms with Crippen LogP contribution in [-0.2, 0) is 0 Å². The number of rotatable bonds is 1. The van der Waals surface area contributed by atoms with Gasteiger partial charge in [-0.05, 0) is 37.8 Å². The van der Waals surface area contributed by atoms with Crippen LogP contribution in [0.5, 0.6) is 0 Å². The highest BCUT2D eigenvalue weighted by atomic mass is 32.2. The van der Waals surface area contributed by atoms with E-state index in [0.717, 1.165) is 21.6 Å². The number of carbonyl (C=O) groups excluding carboxylic acids is 1. The van der Waals surface area contributed by atoms with E-state index in [1.807, 2.05) is 24.8 Å². The van der Waals surface area contributed by atoms with Gasteiger partial charge in [0.05, 0.1) is 0 Å². The van der Waals surface area contributed by atoms with E-state index < -0.39 is 0 Å². The molecule has 19 heavy (non-hydrogen) atoms. The number of ketones is 1. The van der Waals surface area contributed by atoms with Crippen molar-refractivity contribution >= 4 is 17.5 Å². The molecular formula is C17H20OS. The van der Waals surface area contributed by atoms with Gasteiger partial charge in [0.25, 0.3) is 0 Å². The minimum atomic E-state index is 0.174. The first-order chi connectivity index (χ1) is 9.16. The van der Waals surface area contributed by atoms with Crippen molar-refractivity contribution in [3.63, 3.8) is 0 Å². The first kappa shape index (κ1) is 13.0. The quantitative estimate of drug-likeness (QED) is 0.684. The minimum absolute atomic E-state index is 0.174. The molecular weight excluding hydrogens is 252 g/mol. The highest BCUT2D eigenvalue weighted by Crippen LogP contribution is 2.45. The highest BCUT2D eigenvalue weighted by Gasteiger charge is 2.35. The number of aryl methyl sites for hydroxylation is 1. The molecule has 0 radical (unpaired) electrons. The van der Waals surface area contributed by atoms with Gasteiger partial charge in [-0.25, -0.2) is 0 Å². The molecule has 1 atom stereocenters. The second kappa shape index (κ2) is 5.16. The molecule has 0 bridgehead atoms. The van der Waals surface area contributed by atoms with Gasteiger partial charge in [-0.15, -0.1) is 11.8 Å². The van der Waals surface area contributed by atoms with Crippen LogP contribution < -0.4 is 0 Å². The summed E-state index contributed by atoms with van der Waals surface area (Å²) in [7, 11) is 0. The second-order valence-electron chi connectivity index (χ2n) is 5.79. The zero-order valence-electron chi connectivity index (χ0n) is 11.4. The van der Waals surface area contributed by atoms with Crippen LogP contribution in [0.25, 0.3) is 0 Å². The number of thioether (sulfide) groups is 1. The van der Waals surface area contributed by atoms with E-state index in [1.54, 1.807) is 0 Å². The van der Waals surface area contributed by atoms with E-state index in [0.29, 0.717) is 11.2 Å². The van der Waals surface area contributed by atoms with Crippen molar-refractivity contribution in [2.24, 2.45) is 5.92 Å². The molecule has 2 aliphatic rings. The first-order valence-electron chi connectivity index (χ1n) is 7.17. The zero-order chi connectivity index (χ0) is 13.4. The Kier molecular flexibility index (Phi) is 3.53. The fourth-order valence-corrected chi connectivity index (χ4v) is 4.66. The van der Waals surface area contributed by atoms with Crippen LogP contribution in [0, 0.1) is 12.8 Å². The van der Waals surface area contributed by atoms with Crippen LogP contribution in [0.15, 0.2) is 35.2 Å². The van der Waals surface area contributed by atoms with Gasteiger partial charge in [-0.2, -0.15) is 0 Å². The van der Waals surface area contributed by atoms with Crippen LogP contribution in [0.2, 0.25) is 0 Å². The number of Topliss-reactive ketones (excluding diaryl/α,β-unsaturated/α-hetero) is 1. The molecule has 1 unspecified atom stereocenters. The van der Waals surface area contributed by atoms with E-state index in [1.165, 1.54) is 32.1 Å². The summed E-state index contributed by atoms with van der Waals surface area (Å²) < 4.78 is 0. The Morgan fingerprint density at radius 1 is 1.21 bits per heavy atom. The summed E-state index contributed by atoms with van der Waals surface area (Å²) in [6.07, 6.45) is 6.48. The predicted molar refractivity (Wildman–Crippen MR) is 80.9 cm³/mol. The third-order valence-corrected chi connectivity index (χ3v) is 5.88. The number of benzene rings is 1. The maximum Gasteiger partial charge on any atom is 0.190 e. The van der Waals surface area contributed by atoms with Gasteiger partial charge in [0.15, 0.2) is 5.78 Å². The standard InChI is InChI=1S/C17H20OS/c1-11-8-9-15-14(10-11)16(18)12(2)17(19-15)13-6-4-3-5-7-13/h8-10,13,17H,2-7H2,1H3. The van der Waals surface area contributed by atoms with E-state index in [-0.39, 0.29) is 5.78 Å². The molecule has 1 aliphatic heterocycles. The van der Waals surface area contributed by atoms with Gasteiger partial charge in [0.1, 0.15) is 0 Å². The number of hydrogen-bond acceptors (Lipinski definition) is 2. The van der Waals surface area contributed by atoms with Crippen molar-refractivity contribution in [3.8, 4) is 0 Å². The molecule has 100 valence electrons. The Balaban J connectivity index is 1.92. The predicted octanol–water partition coefficient (Wildman–Crippen LogP) is 4.79. The normalized spacial score (nSPS) is 24.4. The van der Waals surface area contributed by atoms with E-state index in [9.17, 15) is 4.79 Å². The molecule has 2 heteroatoms. The van der Waals surface area contributed by atoms with Gasteiger partial charge in [-0.3, -0.25) is 4.79 Å².